The van der Waals surface area contributed by atoms with Crippen LogP contribution in [0.4, 0.5) is 0 Å². The Balaban J connectivity index is 0. The van der Waals surface area contributed by atoms with Crippen LogP contribution in [0.1, 0.15) is 0 Å². The van der Waals surface area contributed by atoms with E-state index in [1.165, 1.54) is 0 Å². The van der Waals surface area contributed by atoms with Gasteiger partial charge in [-0.25, -0.2) is 4.57 Å². The molecule has 0 aromatic carbocycles. The fourth-order valence-corrected chi connectivity index (χ4v) is 0. The fourth-order valence-electron chi connectivity index (χ4n) is 0. The summed E-state index contributed by atoms with van der Waals surface area (Å²) in [5.41, 5.74) is 0. The van der Waals surface area contributed by atoms with E-state index in [2.05, 4.69) is 0 Å². The van der Waals surface area contributed by atoms with Crippen molar-refractivity contribution in [1.29, 1.82) is 0 Å². The number of rotatable bonds is 0. The molecule has 0 aromatic heterocycles. The first kappa shape index (κ1) is 10.4. The maximum absolute atomic E-state index is 8.88. The van der Waals surface area contributed by atoms with Crippen molar-refractivity contribution in [1.82, 2.24) is 0 Å². The zero-order valence-electron chi connectivity index (χ0n) is 2.50. The van der Waals surface area contributed by atoms with Crippen molar-refractivity contribution in [2.24, 2.45) is 0 Å². The molecule has 0 aliphatic carbocycles. The molecule has 4 nitrogen and oxygen atoms in total. The van der Waals surface area contributed by atoms with Crippen molar-refractivity contribution in [2.75, 3.05) is 0 Å². The second-order valence-electron chi connectivity index (χ2n) is 0.513. The van der Waals surface area contributed by atoms with Gasteiger partial charge in [0.15, 0.2) is 0 Å². The van der Waals surface area contributed by atoms with Crippen molar-refractivity contribution in [2.45, 2.75) is 0 Å². The van der Waals surface area contributed by atoms with Crippen LogP contribution in [0.2, 0.25) is 0 Å². The van der Waals surface area contributed by atoms with Gasteiger partial charge in [0.05, 0.1) is 0 Å². The van der Waals surface area contributed by atoms with E-state index in [0.717, 1.165) is 0 Å². The molecule has 0 aliphatic rings. The van der Waals surface area contributed by atoms with E-state index in [0.29, 0.717) is 0 Å². The van der Waals surface area contributed by atoms with Crippen LogP contribution in [0.3, 0.4) is 0 Å². The Morgan fingerprint density at radius 2 is 1.17 bits per heavy atom. The number of hydrogen-bond donors (Lipinski definition) is 3. The largest absolute Gasteiger partial charge is 0.466 e. The maximum Gasteiger partial charge on any atom is 0.466 e. The van der Waals surface area contributed by atoms with Crippen molar-refractivity contribution >= 4 is 7.82 Å². The minimum atomic E-state index is -4.64. The summed E-state index contributed by atoms with van der Waals surface area (Å²) in [5, 5.41) is 0. The summed E-state index contributed by atoms with van der Waals surface area (Å²) in [6, 6.07) is 0. The Morgan fingerprint density at radius 1 is 1.17 bits per heavy atom. The molecule has 0 heterocycles. The van der Waals surface area contributed by atoms with Crippen LogP contribution in [0.25, 0.3) is 0 Å². The SMILES string of the molecule is O=P(O)(O)O.[Ho]. The van der Waals surface area contributed by atoms with Gasteiger partial charge in [-0.1, -0.05) is 0 Å². The minimum absolute atomic E-state index is 0. The standard InChI is InChI=1S/Ho.H3O4P/c;1-5(2,3)4/h;(H3,1,2,3,4). The normalized spacial score (nSPS) is 9.83. The van der Waals surface area contributed by atoms with E-state index < -0.39 is 7.82 Å². The van der Waals surface area contributed by atoms with Gasteiger partial charge in [-0.3, -0.25) is 0 Å². The smallest absolute Gasteiger partial charge is 0.303 e. The summed E-state index contributed by atoms with van der Waals surface area (Å²) in [4.78, 5) is 21.6. The first-order valence-corrected chi connectivity index (χ1v) is 2.35. The van der Waals surface area contributed by atoms with E-state index >= 15 is 0 Å². The molecule has 3 N–H and O–H groups in total. The zero-order valence-corrected chi connectivity index (χ0v) is 5.33. The van der Waals surface area contributed by atoms with Crippen LogP contribution in [-0.4, -0.2) is 14.7 Å². The molecule has 0 saturated heterocycles. The number of hydrogen-bond acceptors (Lipinski definition) is 1. The van der Waals surface area contributed by atoms with Gasteiger partial charge >= 0.3 is 7.82 Å². The fraction of sp³-hybridized carbons (Fsp3) is 0. The minimum Gasteiger partial charge on any atom is -0.303 e. The molecule has 0 unspecified atom stereocenters. The molecule has 43 valence electrons. The summed E-state index contributed by atoms with van der Waals surface area (Å²) in [6.07, 6.45) is 0. The van der Waals surface area contributed by atoms with Crippen molar-refractivity contribution in [3.8, 4) is 0 Å². The third-order valence-electron chi connectivity index (χ3n) is 0. The third-order valence-corrected chi connectivity index (χ3v) is 0. The van der Waals surface area contributed by atoms with Crippen molar-refractivity contribution in [3.63, 3.8) is 0 Å². The molecular formula is H3HoO4P. The first-order valence-electron chi connectivity index (χ1n) is 0.783. The molecule has 6 heteroatoms. The van der Waals surface area contributed by atoms with Crippen molar-refractivity contribution in [3.05, 3.63) is 0 Å². The Morgan fingerprint density at radius 3 is 1.17 bits per heavy atom. The molecule has 0 aromatic rings. The molecule has 0 spiro atoms. The van der Waals surface area contributed by atoms with Gasteiger partial charge in [-0.05, 0) is 0 Å². The molecule has 0 bridgehead atoms. The number of phosphoric acid groups is 1. The van der Waals surface area contributed by atoms with Crippen LogP contribution in [0.15, 0.2) is 0 Å². The van der Waals surface area contributed by atoms with Gasteiger partial charge in [0.1, 0.15) is 0 Å². The summed E-state index contributed by atoms with van der Waals surface area (Å²) in [6.45, 7) is 0. The van der Waals surface area contributed by atoms with Crippen LogP contribution >= 0.6 is 7.82 Å². The second-order valence-corrected chi connectivity index (χ2v) is 1.54. The van der Waals surface area contributed by atoms with Gasteiger partial charge < -0.3 is 14.7 Å². The monoisotopic (exact) mass is 263 g/mol. The molecule has 0 aliphatic heterocycles. The van der Waals surface area contributed by atoms with Gasteiger partial charge in [0.25, 0.3) is 0 Å². The Labute approximate surface area is 64.4 Å². The summed E-state index contributed by atoms with van der Waals surface area (Å²) < 4.78 is 8.88. The molecule has 0 saturated carbocycles. The molecular weight excluding hydrogens is 260 g/mol. The Kier molecular flexibility index (Phi) is 5.84. The Hall–Kier alpha value is 1.37. The Bertz CT molecular complexity index is 53.7. The van der Waals surface area contributed by atoms with E-state index in [-0.39, 0.29) is 37.7 Å². The quantitative estimate of drug-likeness (QED) is 0.390. The molecule has 1 radical (unpaired) electrons. The molecule has 6 heavy (non-hydrogen) atoms. The zero-order chi connectivity index (χ0) is 4.50. The molecule has 0 amide bonds. The predicted molar refractivity (Wildman–Crippen MR) is 14.3 cm³/mol. The van der Waals surface area contributed by atoms with E-state index in [1.54, 1.807) is 0 Å². The van der Waals surface area contributed by atoms with Crippen LogP contribution in [-0.2, 0) is 4.57 Å². The van der Waals surface area contributed by atoms with Gasteiger partial charge in [-0.2, -0.15) is 0 Å². The van der Waals surface area contributed by atoms with E-state index in [4.69, 9.17) is 19.2 Å². The summed E-state index contributed by atoms with van der Waals surface area (Å²) >= 11 is 0. The van der Waals surface area contributed by atoms with Crippen LogP contribution < -0.4 is 0 Å². The average Bonchev–Trinajstić information content (AvgIpc) is 0.722. The molecule has 0 rings (SSSR count). The van der Waals surface area contributed by atoms with Gasteiger partial charge in [-0.15, -0.1) is 0 Å². The first-order chi connectivity index (χ1) is 2.00. The summed E-state index contributed by atoms with van der Waals surface area (Å²) in [5.74, 6) is 0. The predicted octanol–water partition coefficient (Wildman–Crippen LogP) is -0.929. The van der Waals surface area contributed by atoms with Crippen LogP contribution in [0.5, 0.6) is 0 Å². The third kappa shape index (κ3) is 54.6. The van der Waals surface area contributed by atoms with E-state index in [1.807, 2.05) is 0 Å². The van der Waals surface area contributed by atoms with Crippen molar-refractivity contribution < 1.29 is 57.0 Å². The molecule has 0 atom stereocenters. The van der Waals surface area contributed by atoms with Gasteiger partial charge in [0, 0.05) is 37.7 Å². The second kappa shape index (κ2) is 3.38. The molecule has 0 fully saturated rings. The maximum atomic E-state index is 8.88. The van der Waals surface area contributed by atoms with Gasteiger partial charge in [0.2, 0.25) is 0 Å². The van der Waals surface area contributed by atoms with Crippen LogP contribution in [0, 0.1) is 37.7 Å². The topological polar surface area (TPSA) is 77.8 Å². The summed E-state index contributed by atoms with van der Waals surface area (Å²) in [7, 11) is -4.64. The average molecular weight is 263 g/mol. The van der Waals surface area contributed by atoms with E-state index in [9.17, 15) is 0 Å².